The van der Waals surface area contributed by atoms with E-state index in [0.717, 1.165) is 25.2 Å². The number of nitrogens with one attached hydrogen (secondary N) is 1. The van der Waals surface area contributed by atoms with E-state index in [4.69, 9.17) is 4.42 Å². The third-order valence-electron chi connectivity index (χ3n) is 3.83. The highest BCUT2D eigenvalue weighted by atomic mass is 19.4. The van der Waals surface area contributed by atoms with Gasteiger partial charge in [0, 0.05) is 26.2 Å². The topological polar surface area (TPSA) is 37.6 Å². The number of nitrogens with zero attached hydrogens (tertiary/aromatic N) is 1. The number of rotatable bonds is 4. The van der Waals surface area contributed by atoms with Crippen molar-refractivity contribution in [3.05, 3.63) is 53.7 Å². The van der Waals surface area contributed by atoms with Crippen LogP contribution >= 0.6 is 0 Å². The van der Waals surface area contributed by atoms with Gasteiger partial charge < -0.3 is 14.5 Å². The number of furan rings is 1. The van der Waals surface area contributed by atoms with E-state index in [1.165, 1.54) is 12.3 Å². The Bertz CT molecular complexity index is 667. The molecule has 130 valence electrons. The molecule has 1 aliphatic rings. The molecule has 2 aromatic rings. The highest BCUT2D eigenvalue weighted by Gasteiger charge is 2.33. The van der Waals surface area contributed by atoms with Crippen molar-refractivity contribution in [1.82, 2.24) is 10.2 Å². The Labute approximate surface area is 136 Å². The van der Waals surface area contributed by atoms with Gasteiger partial charge in [-0.05, 0) is 29.8 Å². The Morgan fingerprint density at radius 3 is 2.50 bits per heavy atom. The first-order chi connectivity index (χ1) is 11.4. The van der Waals surface area contributed by atoms with Crippen molar-refractivity contribution in [3.8, 4) is 5.75 Å². The van der Waals surface area contributed by atoms with Crippen molar-refractivity contribution in [3.63, 3.8) is 0 Å². The Kier molecular flexibility index (Phi) is 4.77. The summed E-state index contributed by atoms with van der Waals surface area (Å²) in [5.41, 5.74) is 0.513. The molecule has 0 saturated carbocycles. The summed E-state index contributed by atoms with van der Waals surface area (Å²) < 4.78 is 60.0. The van der Waals surface area contributed by atoms with E-state index in [1.54, 1.807) is 12.1 Å². The maximum Gasteiger partial charge on any atom is 0.573 e. The fraction of sp³-hybridized carbons (Fsp3) is 0.375. The molecule has 1 N–H and O–H groups in total. The standard InChI is InChI=1S/C16H16F4N2O2/c17-12-10-11(3-4-13(12)24-16(18,19)20)15(14-2-1-9-23-14)22-7-5-21-6-8-22/h1-4,9-10,15,21H,5-8H2/t15-/m1/s1. The SMILES string of the molecule is Fc1cc([C@H](c2ccco2)N2CCNCC2)ccc1OC(F)(F)F. The fourth-order valence-electron chi connectivity index (χ4n) is 2.84. The predicted octanol–water partition coefficient (Wildman–Crippen LogP) is 3.31. The lowest BCUT2D eigenvalue weighted by molar-refractivity contribution is -0.275. The number of alkyl halides is 3. The van der Waals surface area contributed by atoms with E-state index in [0.29, 0.717) is 24.4 Å². The Hall–Kier alpha value is -2.06. The van der Waals surface area contributed by atoms with Gasteiger partial charge in [0.05, 0.1) is 12.3 Å². The van der Waals surface area contributed by atoms with Crippen LogP contribution in [0.3, 0.4) is 0 Å². The van der Waals surface area contributed by atoms with Gasteiger partial charge in [-0.25, -0.2) is 4.39 Å². The average Bonchev–Trinajstić information content (AvgIpc) is 3.04. The molecule has 3 rings (SSSR count). The second kappa shape index (κ2) is 6.82. The highest BCUT2D eigenvalue weighted by molar-refractivity contribution is 5.34. The first kappa shape index (κ1) is 16.8. The number of benzene rings is 1. The van der Waals surface area contributed by atoms with Crippen molar-refractivity contribution in [2.45, 2.75) is 12.4 Å². The maximum absolute atomic E-state index is 14.1. The van der Waals surface area contributed by atoms with Gasteiger partial charge in [-0.2, -0.15) is 0 Å². The normalized spacial score (nSPS) is 17.7. The molecule has 0 unspecified atom stereocenters. The smallest absolute Gasteiger partial charge is 0.467 e. The lowest BCUT2D eigenvalue weighted by Gasteiger charge is -2.34. The molecule has 1 saturated heterocycles. The summed E-state index contributed by atoms with van der Waals surface area (Å²) in [6, 6.07) is 6.62. The summed E-state index contributed by atoms with van der Waals surface area (Å²) in [5, 5.41) is 3.22. The quantitative estimate of drug-likeness (QED) is 0.864. The second-order valence-electron chi connectivity index (χ2n) is 5.44. The number of ether oxygens (including phenoxy) is 1. The summed E-state index contributed by atoms with van der Waals surface area (Å²) in [7, 11) is 0. The van der Waals surface area contributed by atoms with Crippen LogP contribution in [0.2, 0.25) is 0 Å². The molecule has 1 aliphatic heterocycles. The summed E-state index contributed by atoms with van der Waals surface area (Å²) in [5.74, 6) is -1.29. The van der Waals surface area contributed by atoms with E-state index < -0.39 is 17.9 Å². The molecule has 0 radical (unpaired) electrons. The molecule has 24 heavy (non-hydrogen) atoms. The summed E-state index contributed by atoms with van der Waals surface area (Å²) in [4.78, 5) is 2.09. The Morgan fingerprint density at radius 2 is 1.92 bits per heavy atom. The summed E-state index contributed by atoms with van der Waals surface area (Å²) in [6.45, 7) is 2.98. The average molecular weight is 344 g/mol. The number of hydrogen-bond donors (Lipinski definition) is 1. The second-order valence-corrected chi connectivity index (χ2v) is 5.44. The van der Waals surface area contributed by atoms with Gasteiger partial charge in [0.25, 0.3) is 0 Å². The molecular formula is C16H16F4N2O2. The Morgan fingerprint density at radius 1 is 1.17 bits per heavy atom. The Balaban J connectivity index is 1.91. The van der Waals surface area contributed by atoms with Crippen LogP contribution in [-0.4, -0.2) is 37.4 Å². The molecule has 2 heterocycles. The van der Waals surface area contributed by atoms with Crippen LogP contribution in [0.15, 0.2) is 41.0 Å². The van der Waals surface area contributed by atoms with Gasteiger partial charge in [0.1, 0.15) is 5.76 Å². The van der Waals surface area contributed by atoms with E-state index in [1.807, 2.05) is 0 Å². The van der Waals surface area contributed by atoms with Gasteiger partial charge >= 0.3 is 6.36 Å². The minimum atomic E-state index is -4.93. The minimum Gasteiger partial charge on any atom is -0.467 e. The van der Waals surface area contributed by atoms with E-state index in [9.17, 15) is 17.6 Å². The van der Waals surface area contributed by atoms with Crippen molar-refractivity contribution in [1.29, 1.82) is 0 Å². The van der Waals surface area contributed by atoms with E-state index in [-0.39, 0.29) is 6.04 Å². The molecule has 0 amide bonds. The zero-order chi connectivity index (χ0) is 17.2. The molecular weight excluding hydrogens is 328 g/mol. The molecule has 1 atom stereocenters. The van der Waals surface area contributed by atoms with Crippen LogP contribution in [0, 0.1) is 5.82 Å². The highest BCUT2D eigenvalue weighted by Crippen LogP contribution is 2.33. The monoisotopic (exact) mass is 344 g/mol. The van der Waals surface area contributed by atoms with Crippen LogP contribution in [0.4, 0.5) is 17.6 Å². The zero-order valence-electron chi connectivity index (χ0n) is 12.6. The van der Waals surface area contributed by atoms with E-state index in [2.05, 4.69) is 15.0 Å². The van der Waals surface area contributed by atoms with Crippen molar-refractivity contribution >= 4 is 0 Å². The van der Waals surface area contributed by atoms with Gasteiger partial charge in [-0.3, -0.25) is 4.90 Å². The molecule has 1 aromatic carbocycles. The molecule has 8 heteroatoms. The van der Waals surface area contributed by atoms with Crippen molar-refractivity contribution in [2.75, 3.05) is 26.2 Å². The molecule has 0 aliphatic carbocycles. The fourth-order valence-corrected chi connectivity index (χ4v) is 2.84. The van der Waals surface area contributed by atoms with Crippen molar-refractivity contribution < 1.29 is 26.7 Å². The largest absolute Gasteiger partial charge is 0.573 e. The molecule has 1 aromatic heterocycles. The zero-order valence-corrected chi connectivity index (χ0v) is 12.6. The predicted molar refractivity (Wildman–Crippen MR) is 78.1 cm³/mol. The lowest BCUT2D eigenvalue weighted by atomic mass is 10.0. The van der Waals surface area contributed by atoms with Gasteiger partial charge in [0.2, 0.25) is 0 Å². The van der Waals surface area contributed by atoms with Crippen LogP contribution in [0.5, 0.6) is 5.75 Å². The first-order valence-corrected chi connectivity index (χ1v) is 7.47. The summed E-state index contributed by atoms with van der Waals surface area (Å²) >= 11 is 0. The minimum absolute atomic E-state index is 0.364. The van der Waals surface area contributed by atoms with Gasteiger partial charge in [-0.1, -0.05) is 6.07 Å². The lowest BCUT2D eigenvalue weighted by Crippen LogP contribution is -2.45. The third-order valence-corrected chi connectivity index (χ3v) is 3.83. The number of piperazine rings is 1. The van der Waals surface area contributed by atoms with Crippen LogP contribution in [0.1, 0.15) is 17.4 Å². The first-order valence-electron chi connectivity index (χ1n) is 7.47. The number of halogens is 4. The molecule has 1 fully saturated rings. The maximum atomic E-state index is 14.1. The van der Waals surface area contributed by atoms with Crippen molar-refractivity contribution in [2.24, 2.45) is 0 Å². The van der Waals surface area contributed by atoms with E-state index >= 15 is 0 Å². The van der Waals surface area contributed by atoms with Gasteiger partial charge in [0.15, 0.2) is 11.6 Å². The van der Waals surface area contributed by atoms with Crippen LogP contribution in [-0.2, 0) is 0 Å². The third kappa shape index (κ3) is 3.88. The molecule has 4 nitrogen and oxygen atoms in total. The van der Waals surface area contributed by atoms with Crippen LogP contribution in [0.25, 0.3) is 0 Å². The number of hydrogen-bond acceptors (Lipinski definition) is 4. The van der Waals surface area contributed by atoms with Gasteiger partial charge in [-0.15, -0.1) is 13.2 Å². The molecule has 0 bridgehead atoms. The van der Waals surface area contributed by atoms with Crippen LogP contribution < -0.4 is 10.1 Å². The molecule has 0 spiro atoms. The summed E-state index contributed by atoms with van der Waals surface area (Å²) in [6.07, 6.45) is -3.41.